The largest absolute Gasteiger partial charge is 0.381 e. The van der Waals surface area contributed by atoms with E-state index in [0.29, 0.717) is 5.92 Å². The first-order valence-electron chi connectivity index (χ1n) is 6.75. The number of nitrogens with zero attached hydrogens (tertiary/aromatic N) is 1. The van der Waals surface area contributed by atoms with Crippen LogP contribution < -0.4 is 0 Å². The summed E-state index contributed by atoms with van der Waals surface area (Å²) in [6.07, 6.45) is 1.06. The molecule has 2 rings (SSSR count). The van der Waals surface area contributed by atoms with Crippen LogP contribution in [0.3, 0.4) is 0 Å². The van der Waals surface area contributed by atoms with Gasteiger partial charge in [0.05, 0.1) is 6.61 Å². The van der Waals surface area contributed by atoms with E-state index in [1.807, 2.05) is 36.9 Å². The van der Waals surface area contributed by atoms with Crippen molar-refractivity contribution in [3.8, 4) is 0 Å². The summed E-state index contributed by atoms with van der Waals surface area (Å²) in [6, 6.07) is 5.85. The van der Waals surface area contributed by atoms with Gasteiger partial charge in [-0.3, -0.25) is 4.79 Å². The Bertz CT molecular complexity index is 455. The molecule has 1 aliphatic heterocycles. The number of hydrogen-bond acceptors (Lipinski definition) is 2. The van der Waals surface area contributed by atoms with Crippen LogP contribution in [-0.2, 0) is 4.74 Å². The van der Waals surface area contributed by atoms with Crippen molar-refractivity contribution < 1.29 is 9.53 Å². The third-order valence-electron chi connectivity index (χ3n) is 3.60. The maximum Gasteiger partial charge on any atom is 0.254 e. The van der Waals surface area contributed by atoms with Gasteiger partial charge in [0.2, 0.25) is 0 Å². The Kier molecular flexibility index (Phi) is 4.99. The lowest BCUT2D eigenvalue weighted by atomic mass is 10.1. The van der Waals surface area contributed by atoms with Gasteiger partial charge in [-0.1, -0.05) is 22.0 Å². The van der Waals surface area contributed by atoms with Crippen LogP contribution in [0.1, 0.15) is 29.3 Å². The summed E-state index contributed by atoms with van der Waals surface area (Å²) in [5.41, 5.74) is 1.81. The molecule has 0 saturated carbocycles. The Morgan fingerprint density at radius 3 is 2.95 bits per heavy atom. The molecule has 1 aromatic rings. The van der Waals surface area contributed by atoms with Crippen molar-refractivity contribution in [1.29, 1.82) is 0 Å². The van der Waals surface area contributed by atoms with Crippen LogP contribution in [0.4, 0.5) is 0 Å². The van der Waals surface area contributed by atoms with Gasteiger partial charge >= 0.3 is 0 Å². The van der Waals surface area contributed by atoms with Crippen molar-refractivity contribution in [1.82, 2.24) is 4.90 Å². The first-order chi connectivity index (χ1) is 9.11. The monoisotopic (exact) mass is 325 g/mol. The molecular weight excluding hydrogens is 306 g/mol. The van der Waals surface area contributed by atoms with Gasteiger partial charge < -0.3 is 9.64 Å². The van der Waals surface area contributed by atoms with Crippen molar-refractivity contribution in [3.63, 3.8) is 0 Å². The first-order valence-corrected chi connectivity index (χ1v) is 7.54. The molecule has 1 saturated heterocycles. The van der Waals surface area contributed by atoms with Crippen molar-refractivity contribution >= 4 is 21.8 Å². The van der Waals surface area contributed by atoms with Crippen LogP contribution in [0.2, 0.25) is 0 Å². The van der Waals surface area contributed by atoms with Gasteiger partial charge in [0.1, 0.15) is 0 Å². The zero-order chi connectivity index (χ0) is 13.8. The van der Waals surface area contributed by atoms with Crippen LogP contribution >= 0.6 is 15.9 Å². The average Bonchev–Trinajstić information content (AvgIpc) is 2.91. The van der Waals surface area contributed by atoms with E-state index >= 15 is 0 Å². The lowest BCUT2D eigenvalue weighted by molar-refractivity contribution is 0.0730. The Balaban J connectivity index is 2.12. The summed E-state index contributed by atoms with van der Waals surface area (Å²) >= 11 is 3.43. The molecule has 1 unspecified atom stereocenters. The number of rotatable bonds is 4. The molecule has 0 spiro atoms. The predicted molar refractivity (Wildman–Crippen MR) is 79.4 cm³/mol. The highest BCUT2D eigenvalue weighted by atomic mass is 79.9. The maximum atomic E-state index is 12.6. The maximum absolute atomic E-state index is 12.6. The van der Waals surface area contributed by atoms with E-state index in [1.54, 1.807) is 0 Å². The standard InChI is InChI=1S/C15H20BrNO2/c1-3-17(9-12-6-7-19-10-12)15(18)14-8-13(16)5-4-11(14)2/h4-5,8,12H,3,6-7,9-10H2,1-2H3. The molecule has 0 aliphatic carbocycles. The SMILES string of the molecule is CCN(CC1CCOC1)C(=O)c1cc(Br)ccc1C. The topological polar surface area (TPSA) is 29.5 Å². The second kappa shape index (κ2) is 6.53. The zero-order valence-electron chi connectivity index (χ0n) is 11.5. The van der Waals surface area contributed by atoms with Crippen molar-refractivity contribution in [2.75, 3.05) is 26.3 Å². The molecule has 0 N–H and O–H groups in total. The molecule has 1 amide bonds. The fraction of sp³-hybridized carbons (Fsp3) is 0.533. The lowest BCUT2D eigenvalue weighted by Crippen LogP contribution is -2.35. The third kappa shape index (κ3) is 3.57. The minimum absolute atomic E-state index is 0.119. The molecule has 0 bridgehead atoms. The number of ether oxygens (including phenoxy) is 1. The molecule has 1 aliphatic rings. The van der Waals surface area contributed by atoms with Gasteiger partial charge in [-0.15, -0.1) is 0 Å². The number of aryl methyl sites for hydroxylation is 1. The molecule has 3 nitrogen and oxygen atoms in total. The van der Waals surface area contributed by atoms with Gasteiger partial charge in [-0.25, -0.2) is 0 Å². The Labute approximate surface area is 123 Å². The molecule has 0 radical (unpaired) electrons. The highest BCUT2D eigenvalue weighted by molar-refractivity contribution is 9.10. The predicted octanol–water partition coefficient (Wildman–Crippen LogP) is 3.26. The summed E-state index contributed by atoms with van der Waals surface area (Å²) in [4.78, 5) is 14.5. The second-order valence-corrected chi connectivity index (χ2v) is 5.95. The van der Waals surface area contributed by atoms with Crippen LogP contribution in [0.5, 0.6) is 0 Å². The van der Waals surface area contributed by atoms with E-state index < -0.39 is 0 Å². The number of hydrogen-bond donors (Lipinski definition) is 0. The van der Waals surface area contributed by atoms with Crippen molar-refractivity contribution in [2.24, 2.45) is 5.92 Å². The zero-order valence-corrected chi connectivity index (χ0v) is 13.1. The number of amides is 1. The molecule has 1 heterocycles. The number of carbonyl (C=O) groups is 1. The highest BCUT2D eigenvalue weighted by Gasteiger charge is 2.23. The van der Waals surface area contributed by atoms with E-state index in [-0.39, 0.29) is 5.91 Å². The van der Waals surface area contributed by atoms with Crippen molar-refractivity contribution in [3.05, 3.63) is 33.8 Å². The Hall–Kier alpha value is -0.870. The van der Waals surface area contributed by atoms with Crippen LogP contribution in [0, 0.1) is 12.8 Å². The van der Waals surface area contributed by atoms with Gasteiger partial charge in [-0.2, -0.15) is 0 Å². The molecule has 104 valence electrons. The summed E-state index contributed by atoms with van der Waals surface area (Å²) in [7, 11) is 0. The summed E-state index contributed by atoms with van der Waals surface area (Å²) in [5.74, 6) is 0.601. The molecule has 4 heteroatoms. The highest BCUT2D eigenvalue weighted by Crippen LogP contribution is 2.20. The van der Waals surface area contributed by atoms with Gasteiger partial charge in [0, 0.05) is 35.7 Å². The van der Waals surface area contributed by atoms with Gasteiger partial charge in [0.25, 0.3) is 5.91 Å². The van der Waals surface area contributed by atoms with Crippen LogP contribution in [-0.4, -0.2) is 37.1 Å². The number of benzene rings is 1. The minimum Gasteiger partial charge on any atom is -0.381 e. The van der Waals surface area contributed by atoms with E-state index in [2.05, 4.69) is 15.9 Å². The normalized spacial score (nSPS) is 18.6. The first kappa shape index (κ1) is 14.5. The molecule has 1 atom stereocenters. The Morgan fingerprint density at radius 1 is 1.53 bits per heavy atom. The van der Waals surface area contributed by atoms with Crippen LogP contribution in [0.15, 0.2) is 22.7 Å². The average molecular weight is 326 g/mol. The van der Waals surface area contributed by atoms with Crippen molar-refractivity contribution in [2.45, 2.75) is 20.3 Å². The molecule has 1 fully saturated rings. The van der Waals surface area contributed by atoms with E-state index in [0.717, 1.165) is 48.3 Å². The van der Waals surface area contributed by atoms with E-state index in [9.17, 15) is 4.79 Å². The number of halogens is 1. The fourth-order valence-corrected chi connectivity index (χ4v) is 2.75. The smallest absolute Gasteiger partial charge is 0.254 e. The molecular formula is C15H20BrNO2. The minimum atomic E-state index is 0.119. The molecule has 1 aromatic carbocycles. The lowest BCUT2D eigenvalue weighted by Gasteiger charge is -2.24. The quantitative estimate of drug-likeness (QED) is 0.850. The van der Waals surface area contributed by atoms with Crippen LogP contribution in [0.25, 0.3) is 0 Å². The van der Waals surface area contributed by atoms with Gasteiger partial charge in [-0.05, 0) is 38.0 Å². The summed E-state index contributed by atoms with van der Waals surface area (Å²) in [6.45, 7) is 7.14. The second-order valence-electron chi connectivity index (χ2n) is 5.03. The van der Waals surface area contributed by atoms with Gasteiger partial charge in [0.15, 0.2) is 0 Å². The Morgan fingerprint density at radius 2 is 2.32 bits per heavy atom. The summed E-state index contributed by atoms with van der Waals surface area (Å²) < 4.78 is 6.33. The van der Waals surface area contributed by atoms with E-state index in [4.69, 9.17) is 4.74 Å². The third-order valence-corrected chi connectivity index (χ3v) is 4.09. The number of carbonyl (C=O) groups excluding carboxylic acids is 1. The molecule has 0 aromatic heterocycles. The fourth-order valence-electron chi connectivity index (χ4n) is 2.39. The van der Waals surface area contributed by atoms with E-state index in [1.165, 1.54) is 0 Å². The molecule has 19 heavy (non-hydrogen) atoms. The summed E-state index contributed by atoms with van der Waals surface area (Å²) in [5, 5.41) is 0.